The van der Waals surface area contributed by atoms with Gasteiger partial charge >= 0.3 is 5.85 Å². The number of aromatic amines is 1. The van der Waals surface area contributed by atoms with Crippen molar-refractivity contribution in [1.82, 2.24) is 10.2 Å². The molecule has 1 unspecified atom stereocenters. The molecule has 7 heteroatoms. The molecule has 0 bridgehead atoms. The first-order valence-electron chi connectivity index (χ1n) is 6.12. The third-order valence-electron chi connectivity index (χ3n) is 3.01. The zero-order chi connectivity index (χ0) is 15.0. The molecule has 0 amide bonds. The summed E-state index contributed by atoms with van der Waals surface area (Å²) in [5.41, 5.74) is 8.18. The van der Waals surface area contributed by atoms with Crippen molar-refractivity contribution in [2.24, 2.45) is 0 Å². The van der Waals surface area contributed by atoms with Gasteiger partial charge in [-0.1, -0.05) is 18.2 Å². The van der Waals surface area contributed by atoms with Gasteiger partial charge in [-0.25, -0.2) is 0 Å². The highest BCUT2D eigenvalue weighted by Crippen LogP contribution is 2.31. The highest BCUT2D eigenvalue weighted by atomic mass is 31.0. The summed E-state index contributed by atoms with van der Waals surface area (Å²) < 4.78 is 30.3. The van der Waals surface area contributed by atoms with Crippen LogP contribution < -0.4 is 10.5 Å². The number of nitrogens with two attached hydrogens (primary N) is 1. The molecular weight excluding hydrogens is 295 g/mol. The van der Waals surface area contributed by atoms with Gasteiger partial charge < -0.3 is 10.5 Å². The van der Waals surface area contributed by atoms with Crippen molar-refractivity contribution >= 4 is 26.0 Å². The van der Waals surface area contributed by atoms with Crippen molar-refractivity contribution in [3.05, 3.63) is 42.5 Å². The number of nitrogens with zero attached hydrogens (tertiary/aromatic N) is 1. The summed E-state index contributed by atoms with van der Waals surface area (Å²) in [6.07, 6.45) is 0. The van der Waals surface area contributed by atoms with Gasteiger partial charge in [0.25, 0.3) is 0 Å². The van der Waals surface area contributed by atoms with Crippen LogP contribution in [0.1, 0.15) is 0 Å². The molecule has 0 radical (unpaired) electrons. The Balaban J connectivity index is 2.01. The lowest BCUT2D eigenvalue weighted by Gasteiger charge is -2.13. The van der Waals surface area contributed by atoms with Gasteiger partial charge in [0.1, 0.15) is 5.75 Å². The van der Waals surface area contributed by atoms with Crippen LogP contribution in [0.25, 0.3) is 22.0 Å². The van der Waals surface area contributed by atoms with Gasteiger partial charge in [0.05, 0.1) is 5.52 Å². The van der Waals surface area contributed by atoms with E-state index in [2.05, 4.69) is 14.9 Å². The van der Waals surface area contributed by atoms with Crippen molar-refractivity contribution in [1.29, 1.82) is 0 Å². The van der Waals surface area contributed by atoms with Crippen LogP contribution in [0, 0.1) is 0 Å². The molecule has 0 aliphatic rings. The van der Waals surface area contributed by atoms with E-state index in [1.54, 1.807) is 12.1 Å². The summed E-state index contributed by atoms with van der Waals surface area (Å²) in [5, 5.41) is 7.52. The Labute approximate surface area is 121 Å². The Hall–Kier alpha value is -2.20. The highest BCUT2D eigenvalue weighted by molar-refractivity contribution is 7.17. The van der Waals surface area contributed by atoms with Crippen LogP contribution in [0.15, 0.2) is 42.5 Å². The first-order valence-corrected chi connectivity index (χ1v) is 6.70. The van der Waals surface area contributed by atoms with E-state index in [9.17, 15) is 8.78 Å². The molecule has 1 heterocycles. The Bertz CT molecular complexity index is 798. The number of aromatic nitrogens is 2. The fourth-order valence-electron chi connectivity index (χ4n) is 2.11. The van der Waals surface area contributed by atoms with Crippen LogP contribution in [0.5, 0.6) is 5.75 Å². The van der Waals surface area contributed by atoms with E-state index in [4.69, 9.17) is 5.73 Å². The maximum Gasteiger partial charge on any atom is 0.408 e. The fourth-order valence-corrected chi connectivity index (χ4v) is 2.25. The molecule has 0 saturated carbocycles. The third-order valence-corrected chi connectivity index (χ3v) is 3.13. The van der Waals surface area contributed by atoms with Gasteiger partial charge in [-0.3, -0.25) is 5.10 Å². The Morgan fingerprint density at radius 3 is 2.67 bits per heavy atom. The number of hydrogen-bond acceptors (Lipinski definition) is 3. The number of nitrogen functional groups attached to an aromatic ring is 1. The van der Waals surface area contributed by atoms with Crippen LogP contribution in [0.3, 0.4) is 0 Å². The minimum atomic E-state index is -3.29. The van der Waals surface area contributed by atoms with Gasteiger partial charge in [-0.15, -0.1) is 0 Å². The maximum atomic E-state index is 12.9. The number of H-pyrrole nitrogens is 1. The van der Waals surface area contributed by atoms with E-state index in [0.29, 0.717) is 5.82 Å². The van der Waals surface area contributed by atoms with E-state index in [1.807, 2.05) is 24.3 Å². The summed E-state index contributed by atoms with van der Waals surface area (Å²) in [5.74, 6) is -2.80. The van der Waals surface area contributed by atoms with Gasteiger partial charge in [-0.2, -0.15) is 13.9 Å². The number of alkyl halides is 2. The summed E-state index contributed by atoms with van der Waals surface area (Å²) in [6, 6.07) is 12.0. The second-order valence-corrected chi connectivity index (χ2v) is 5.23. The number of halogens is 2. The van der Waals surface area contributed by atoms with Crippen LogP contribution in [0.4, 0.5) is 14.6 Å². The molecule has 1 aromatic heterocycles. The van der Waals surface area contributed by atoms with Crippen LogP contribution in [-0.2, 0) is 0 Å². The molecule has 21 heavy (non-hydrogen) atoms. The fraction of sp³-hybridized carbons (Fsp3) is 0.0714. The van der Waals surface area contributed by atoms with E-state index in [0.717, 1.165) is 22.0 Å². The number of anilines is 1. The molecule has 0 fully saturated rings. The molecule has 0 aliphatic carbocycles. The molecular formula is C14H12F2N3OP. The van der Waals surface area contributed by atoms with Gasteiger partial charge in [0.15, 0.2) is 5.82 Å². The summed E-state index contributed by atoms with van der Waals surface area (Å²) in [6.45, 7) is 0. The van der Waals surface area contributed by atoms with Crippen molar-refractivity contribution < 1.29 is 13.5 Å². The van der Waals surface area contributed by atoms with Crippen LogP contribution in [0.2, 0.25) is 0 Å². The number of ether oxygens (including phenoxy) is 1. The normalized spacial score (nSPS) is 11.8. The lowest BCUT2D eigenvalue weighted by atomic mass is 10.0. The first kappa shape index (κ1) is 13.8. The summed E-state index contributed by atoms with van der Waals surface area (Å²) in [7, 11) is 1.35. The van der Waals surface area contributed by atoms with E-state index in [1.165, 1.54) is 15.3 Å². The van der Waals surface area contributed by atoms with Crippen molar-refractivity contribution in [3.8, 4) is 16.9 Å². The molecule has 3 aromatic rings. The standard InChI is InChI=1S/C14H12F2N3OP/c15-14(16,21)20-10-3-1-2-8(6-10)9-4-5-12-11(7-9)13(17)19-18-12/h1-7H,21H2,(H3,17,18,19). The van der Waals surface area contributed by atoms with Crippen LogP contribution in [-0.4, -0.2) is 16.0 Å². The Morgan fingerprint density at radius 1 is 1.14 bits per heavy atom. The minimum Gasteiger partial charge on any atom is -0.430 e. The monoisotopic (exact) mass is 307 g/mol. The van der Waals surface area contributed by atoms with E-state index < -0.39 is 5.85 Å². The maximum absolute atomic E-state index is 12.9. The molecule has 1 atom stereocenters. The zero-order valence-corrected chi connectivity index (χ0v) is 12.0. The average molecular weight is 307 g/mol. The summed E-state index contributed by atoms with van der Waals surface area (Å²) >= 11 is 0. The average Bonchev–Trinajstić information content (AvgIpc) is 2.78. The zero-order valence-electron chi connectivity index (χ0n) is 10.8. The second-order valence-electron chi connectivity index (χ2n) is 4.56. The summed E-state index contributed by atoms with van der Waals surface area (Å²) in [4.78, 5) is 0. The Morgan fingerprint density at radius 2 is 1.90 bits per heavy atom. The van der Waals surface area contributed by atoms with Crippen molar-refractivity contribution in [2.75, 3.05) is 5.73 Å². The first-order chi connectivity index (χ1) is 9.92. The number of hydrogen-bond donors (Lipinski definition) is 2. The van der Waals surface area contributed by atoms with Gasteiger partial charge in [-0.05, 0) is 44.6 Å². The van der Waals surface area contributed by atoms with Gasteiger partial charge in [0, 0.05) is 5.39 Å². The highest BCUT2D eigenvalue weighted by Gasteiger charge is 2.23. The van der Waals surface area contributed by atoms with Crippen LogP contribution >= 0.6 is 9.24 Å². The van der Waals surface area contributed by atoms with E-state index >= 15 is 0 Å². The molecule has 3 rings (SSSR count). The third kappa shape index (κ3) is 2.95. The quantitative estimate of drug-likeness (QED) is 0.726. The molecule has 0 aliphatic heterocycles. The van der Waals surface area contributed by atoms with Crippen molar-refractivity contribution in [3.63, 3.8) is 0 Å². The number of rotatable bonds is 3. The molecule has 0 saturated heterocycles. The lowest BCUT2D eigenvalue weighted by Crippen LogP contribution is -2.14. The smallest absolute Gasteiger partial charge is 0.408 e. The SMILES string of the molecule is Nc1n[nH]c2ccc(-c3cccc(OC(F)(F)P)c3)cc12. The minimum absolute atomic E-state index is 0.0905. The second kappa shape index (κ2) is 4.97. The molecule has 108 valence electrons. The number of nitrogens with one attached hydrogen (secondary N) is 1. The molecule has 2 aromatic carbocycles. The lowest BCUT2D eigenvalue weighted by molar-refractivity contribution is -0.0891. The van der Waals surface area contributed by atoms with E-state index in [-0.39, 0.29) is 5.75 Å². The predicted molar refractivity (Wildman–Crippen MR) is 81.2 cm³/mol. The number of fused-ring (bicyclic) bond motifs is 1. The molecule has 0 spiro atoms. The number of benzene rings is 2. The van der Waals surface area contributed by atoms with Gasteiger partial charge in [0.2, 0.25) is 0 Å². The van der Waals surface area contributed by atoms with Crippen molar-refractivity contribution in [2.45, 2.75) is 5.85 Å². The molecule has 3 N–H and O–H groups in total. The molecule has 4 nitrogen and oxygen atoms in total. The Kier molecular flexibility index (Phi) is 3.26. The topological polar surface area (TPSA) is 63.9 Å². The largest absolute Gasteiger partial charge is 0.430 e. The predicted octanol–water partition coefficient (Wildman–Crippen LogP) is 3.62.